The SMILES string of the molecule is O=C(NCc1ccncc1)c1cc(N2CCN(c3ncccn3)CC2)ccn1. The molecule has 0 spiro atoms. The van der Waals surface area contributed by atoms with Crippen molar-refractivity contribution in [2.24, 2.45) is 0 Å². The zero-order valence-corrected chi connectivity index (χ0v) is 15.4. The minimum absolute atomic E-state index is 0.185. The van der Waals surface area contributed by atoms with Crippen LogP contribution in [0.15, 0.2) is 61.3 Å². The fourth-order valence-corrected chi connectivity index (χ4v) is 3.13. The van der Waals surface area contributed by atoms with Crippen molar-refractivity contribution in [2.45, 2.75) is 6.54 Å². The number of hydrogen-bond acceptors (Lipinski definition) is 7. The molecule has 0 unspecified atom stereocenters. The Labute approximate surface area is 163 Å². The van der Waals surface area contributed by atoms with Gasteiger partial charge in [0, 0.05) is 69.4 Å². The van der Waals surface area contributed by atoms with Gasteiger partial charge >= 0.3 is 0 Å². The average molecular weight is 375 g/mol. The van der Waals surface area contributed by atoms with Crippen molar-refractivity contribution in [3.8, 4) is 0 Å². The number of pyridine rings is 2. The summed E-state index contributed by atoms with van der Waals surface area (Å²) < 4.78 is 0. The summed E-state index contributed by atoms with van der Waals surface area (Å²) in [5.41, 5.74) is 2.41. The quantitative estimate of drug-likeness (QED) is 0.723. The first-order chi connectivity index (χ1) is 13.8. The third-order valence-corrected chi connectivity index (χ3v) is 4.66. The van der Waals surface area contributed by atoms with E-state index in [1.807, 2.05) is 30.3 Å². The van der Waals surface area contributed by atoms with Gasteiger partial charge in [-0.15, -0.1) is 0 Å². The summed E-state index contributed by atoms with van der Waals surface area (Å²) in [6.45, 7) is 3.77. The zero-order valence-electron chi connectivity index (χ0n) is 15.4. The fraction of sp³-hybridized carbons (Fsp3) is 0.250. The number of rotatable bonds is 5. The lowest BCUT2D eigenvalue weighted by molar-refractivity contribution is 0.0946. The average Bonchev–Trinajstić information content (AvgIpc) is 2.79. The lowest BCUT2D eigenvalue weighted by Crippen LogP contribution is -2.47. The Balaban J connectivity index is 1.37. The van der Waals surface area contributed by atoms with Gasteiger partial charge in [0.1, 0.15) is 5.69 Å². The zero-order chi connectivity index (χ0) is 19.2. The fourth-order valence-electron chi connectivity index (χ4n) is 3.13. The molecule has 0 aromatic carbocycles. The van der Waals surface area contributed by atoms with E-state index < -0.39 is 0 Å². The molecule has 0 bridgehead atoms. The van der Waals surface area contributed by atoms with Crippen LogP contribution in [0.5, 0.6) is 0 Å². The van der Waals surface area contributed by atoms with Crippen LogP contribution >= 0.6 is 0 Å². The highest BCUT2D eigenvalue weighted by Gasteiger charge is 2.20. The van der Waals surface area contributed by atoms with E-state index >= 15 is 0 Å². The molecule has 4 rings (SSSR count). The highest BCUT2D eigenvalue weighted by Crippen LogP contribution is 2.18. The molecule has 0 aliphatic carbocycles. The van der Waals surface area contributed by atoms with E-state index in [1.165, 1.54) is 0 Å². The molecule has 1 amide bonds. The Morgan fingerprint density at radius 1 is 0.893 bits per heavy atom. The van der Waals surface area contributed by atoms with Crippen molar-refractivity contribution in [1.29, 1.82) is 0 Å². The summed E-state index contributed by atoms with van der Waals surface area (Å²) in [7, 11) is 0. The van der Waals surface area contributed by atoms with E-state index in [1.54, 1.807) is 31.0 Å². The van der Waals surface area contributed by atoms with Crippen molar-refractivity contribution in [2.75, 3.05) is 36.0 Å². The second kappa shape index (κ2) is 8.43. The van der Waals surface area contributed by atoms with E-state index in [4.69, 9.17) is 0 Å². The molecule has 1 saturated heterocycles. The van der Waals surface area contributed by atoms with Gasteiger partial charge in [0.2, 0.25) is 5.95 Å². The largest absolute Gasteiger partial charge is 0.368 e. The predicted octanol–water partition coefficient (Wildman–Crippen LogP) is 1.52. The van der Waals surface area contributed by atoms with Gasteiger partial charge in [0.25, 0.3) is 5.91 Å². The van der Waals surface area contributed by atoms with Crippen LogP contribution in [0.1, 0.15) is 16.1 Å². The number of amides is 1. The van der Waals surface area contributed by atoms with Crippen LogP contribution in [0.4, 0.5) is 11.6 Å². The number of hydrogen-bond donors (Lipinski definition) is 1. The molecule has 1 aliphatic rings. The minimum atomic E-state index is -0.185. The first-order valence-electron chi connectivity index (χ1n) is 9.20. The molecule has 1 fully saturated rings. The summed E-state index contributed by atoms with van der Waals surface area (Å²) in [6, 6.07) is 9.35. The lowest BCUT2D eigenvalue weighted by atomic mass is 10.2. The van der Waals surface area contributed by atoms with Crippen LogP contribution < -0.4 is 15.1 Å². The summed E-state index contributed by atoms with van der Waals surface area (Å²) >= 11 is 0. The second-order valence-electron chi connectivity index (χ2n) is 6.46. The van der Waals surface area contributed by atoms with E-state index in [2.05, 4.69) is 35.1 Å². The Kier molecular flexibility index (Phi) is 5.37. The van der Waals surface area contributed by atoms with E-state index in [-0.39, 0.29) is 5.91 Å². The number of piperazine rings is 1. The number of nitrogens with one attached hydrogen (secondary N) is 1. The molecule has 1 aliphatic heterocycles. The summed E-state index contributed by atoms with van der Waals surface area (Å²) in [4.78, 5) is 33.7. The van der Waals surface area contributed by atoms with Crippen molar-refractivity contribution in [3.63, 3.8) is 0 Å². The number of carbonyl (C=O) groups is 1. The molecule has 0 radical (unpaired) electrons. The van der Waals surface area contributed by atoms with Crippen molar-refractivity contribution >= 4 is 17.5 Å². The third-order valence-electron chi connectivity index (χ3n) is 4.66. The molecular formula is C20H21N7O. The van der Waals surface area contributed by atoms with Crippen LogP contribution in [-0.2, 0) is 6.54 Å². The molecule has 8 heteroatoms. The third kappa shape index (κ3) is 4.22. The van der Waals surface area contributed by atoms with E-state index in [9.17, 15) is 4.79 Å². The van der Waals surface area contributed by atoms with Gasteiger partial charge in [0.05, 0.1) is 0 Å². The first kappa shape index (κ1) is 17.8. The molecule has 4 heterocycles. The number of nitrogens with zero attached hydrogens (tertiary/aromatic N) is 6. The Morgan fingerprint density at radius 3 is 2.36 bits per heavy atom. The minimum Gasteiger partial charge on any atom is -0.368 e. The van der Waals surface area contributed by atoms with Gasteiger partial charge in [-0.25, -0.2) is 9.97 Å². The van der Waals surface area contributed by atoms with Crippen LogP contribution in [-0.4, -0.2) is 52.0 Å². The summed E-state index contributed by atoms with van der Waals surface area (Å²) in [6.07, 6.45) is 8.62. The molecule has 3 aromatic rings. The van der Waals surface area contributed by atoms with Crippen LogP contribution in [0, 0.1) is 0 Å². The van der Waals surface area contributed by atoms with Crippen LogP contribution in [0.3, 0.4) is 0 Å². The van der Waals surface area contributed by atoms with E-state index in [0.29, 0.717) is 12.2 Å². The highest BCUT2D eigenvalue weighted by atomic mass is 16.1. The molecule has 3 aromatic heterocycles. The van der Waals surface area contributed by atoms with Crippen molar-refractivity contribution < 1.29 is 4.79 Å². The number of aromatic nitrogens is 4. The maximum absolute atomic E-state index is 12.5. The van der Waals surface area contributed by atoms with Gasteiger partial charge < -0.3 is 15.1 Å². The normalized spacial score (nSPS) is 14.0. The number of anilines is 2. The molecule has 0 atom stereocenters. The van der Waals surface area contributed by atoms with Gasteiger partial charge in [-0.05, 0) is 35.9 Å². The first-order valence-corrected chi connectivity index (χ1v) is 9.20. The molecular weight excluding hydrogens is 354 g/mol. The number of carbonyl (C=O) groups excluding carboxylic acids is 1. The van der Waals surface area contributed by atoms with Gasteiger partial charge in [-0.2, -0.15) is 0 Å². The highest BCUT2D eigenvalue weighted by molar-refractivity contribution is 5.93. The smallest absolute Gasteiger partial charge is 0.270 e. The second-order valence-corrected chi connectivity index (χ2v) is 6.46. The van der Waals surface area contributed by atoms with E-state index in [0.717, 1.165) is 43.4 Å². The lowest BCUT2D eigenvalue weighted by Gasteiger charge is -2.36. The predicted molar refractivity (Wildman–Crippen MR) is 106 cm³/mol. The Bertz CT molecular complexity index is 912. The monoisotopic (exact) mass is 375 g/mol. The van der Waals surface area contributed by atoms with Crippen molar-refractivity contribution in [1.82, 2.24) is 25.3 Å². The molecule has 142 valence electrons. The standard InChI is InChI=1S/C20H21N7O/c28-19(25-15-16-2-7-21-8-3-16)18-14-17(4-9-22-18)26-10-12-27(13-11-26)20-23-5-1-6-24-20/h1-9,14H,10-13,15H2,(H,25,28). The van der Waals surface area contributed by atoms with Crippen LogP contribution in [0.25, 0.3) is 0 Å². The molecule has 8 nitrogen and oxygen atoms in total. The van der Waals surface area contributed by atoms with Crippen LogP contribution in [0.2, 0.25) is 0 Å². The maximum Gasteiger partial charge on any atom is 0.270 e. The maximum atomic E-state index is 12.5. The molecule has 1 N–H and O–H groups in total. The van der Waals surface area contributed by atoms with Gasteiger partial charge in [-0.1, -0.05) is 0 Å². The van der Waals surface area contributed by atoms with Crippen molar-refractivity contribution in [3.05, 3.63) is 72.6 Å². The Hall–Kier alpha value is -3.55. The summed E-state index contributed by atoms with van der Waals surface area (Å²) in [5, 5.41) is 2.90. The Morgan fingerprint density at radius 2 is 1.61 bits per heavy atom. The summed E-state index contributed by atoms with van der Waals surface area (Å²) in [5.74, 6) is 0.572. The van der Waals surface area contributed by atoms with Gasteiger partial charge in [-0.3, -0.25) is 14.8 Å². The van der Waals surface area contributed by atoms with Gasteiger partial charge in [0.15, 0.2) is 0 Å². The molecule has 0 saturated carbocycles. The topological polar surface area (TPSA) is 87.1 Å². The molecule has 28 heavy (non-hydrogen) atoms.